The first-order chi connectivity index (χ1) is 9.58. The number of nitrogens with one attached hydrogen (secondary N) is 1. The molecule has 0 aromatic heterocycles. The van der Waals surface area contributed by atoms with Crippen molar-refractivity contribution in [1.29, 1.82) is 0 Å². The summed E-state index contributed by atoms with van der Waals surface area (Å²) >= 11 is 5.91. The number of benzene rings is 1. The van der Waals surface area contributed by atoms with Gasteiger partial charge in [0.2, 0.25) is 11.8 Å². The summed E-state index contributed by atoms with van der Waals surface area (Å²) in [7, 11) is 0. The molecule has 4 nitrogen and oxygen atoms in total. The molecule has 1 aliphatic rings. The zero-order valence-electron chi connectivity index (χ0n) is 11.6. The zero-order valence-corrected chi connectivity index (χ0v) is 12.3. The monoisotopic (exact) mass is 294 g/mol. The van der Waals surface area contributed by atoms with E-state index in [0.717, 1.165) is 24.8 Å². The van der Waals surface area contributed by atoms with Crippen molar-refractivity contribution in [1.82, 2.24) is 10.2 Å². The van der Waals surface area contributed by atoms with Gasteiger partial charge in [0.25, 0.3) is 0 Å². The van der Waals surface area contributed by atoms with E-state index in [1.807, 2.05) is 24.3 Å². The highest BCUT2D eigenvalue weighted by Crippen LogP contribution is 2.17. The maximum atomic E-state index is 12.1. The Kier molecular flexibility index (Phi) is 5.01. The van der Waals surface area contributed by atoms with Crippen LogP contribution in [0.1, 0.15) is 25.3 Å². The molecular formula is C15H19ClN2O2. The van der Waals surface area contributed by atoms with E-state index in [9.17, 15) is 9.59 Å². The van der Waals surface area contributed by atoms with Gasteiger partial charge in [-0.2, -0.15) is 0 Å². The number of rotatable bonds is 4. The van der Waals surface area contributed by atoms with Crippen LogP contribution in [0.3, 0.4) is 0 Å². The van der Waals surface area contributed by atoms with Crippen molar-refractivity contribution >= 4 is 23.4 Å². The standard InChI is InChI=1S/C15H19ClN2O2/c1-11(19)18-9-3-6-14(18)15(20)17-8-7-12-4-2-5-13(16)10-12/h2,4-5,10,14H,3,6-9H2,1H3,(H,17,20). The van der Waals surface area contributed by atoms with Crippen molar-refractivity contribution in [2.45, 2.75) is 32.2 Å². The first kappa shape index (κ1) is 14.9. The van der Waals surface area contributed by atoms with Gasteiger partial charge in [-0.3, -0.25) is 9.59 Å². The SMILES string of the molecule is CC(=O)N1CCCC1C(=O)NCCc1cccc(Cl)c1. The minimum atomic E-state index is -0.299. The average molecular weight is 295 g/mol. The van der Waals surface area contributed by atoms with Gasteiger partial charge < -0.3 is 10.2 Å². The Hall–Kier alpha value is -1.55. The lowest BCUT2D eigenvalue weighted by Crippen LogP contribution is -2.45. The van der Waals surface area contributed by atoms with Crippen molar-refractivity contribution in [3.8, 4) is 0 Å². The van der Waals surface area contributed by atoms with Crippen molar-refractivity contribution in [3.63, 3.8) is 0 Å². The van der Waals surface area contributed by atoms with Crippen molar-refractivity contribution in [2.24, 2.45) is 0 Å². The predicted octanol–water partition coefficient (Wildman–Crippen LogP) is 2.01. The van der Waals surface area contributed by atoms with E-state index < -0.39 is 0 Å². The molecule has 5 heteroatoms. The predicted molar refractivity (Wildman–Crippen MR) is 78.6 cm³/mol. The second kappa shape index (κ2) is 6.75. The fourth-order valence-corrected chi connectivity index (χ4v) is 2.77. The highest BCUT2D eigenvalue weighted by Gasteiger charge is 2.31. The number of carbonyl (C=O) groups is 2. The number of halogens is 1. The van der Waals surface area contributed by atoms with E-state index in [1.165, 1.54) is 6.92 Å². The van der Waals surface area contributed by atoms with Crippen LogP contribution >= 0.6 is 11.6 Å². The minimum absolute atomic E-state index is 0.0301. The molecule has 1 aliphatic heterocycles. The van der Waals surface area contributed by atoms with Crippen LogP contribution in [0.25, 0.3) is 0 Å². The van der Waals surface area contributed by atoms with Gasteiger partial charge in [-0.25, -0.2) is 0 Å². The third-order valence-corrected chi connectivity index (χ3v) is 3.80. The molecule has 0 saturated carbocycles. The van der Waals surface area contributed by atoms with Gasteiger partial charge in [0.05, 0.1) is 0 Å². The third kappa shape index (κ3) is 3.73. The molecule has 2 rings (SSSR count). The fourth-order valence-electron chi connectivity index (χ4n) is 2.56. The van der Waals surface area contributed by atoms with Crippen molar-refractivity contribution in [2.75, 3.05) is 13.1 Å². The molecule has 1 saturated heterocycles. The second-order valence-corrected chi connectivity index (χ2v) is 5.48. The number of hydrogen-bond acceptors (Lipinski definition) is 2. The number of hydrogen-bond donors (Lipinski definition) is 1. The van der Waals surface area contributed by atoms with Gasteiger partial charge in [0, 0.05) is 25.0 Å². The van der Waals surface area contributed by atoms with Gasteiger partial charge in [-0.05, 0) is 37.0 Å². The van der Waals surface area contributed by atoms with Crippen LogP contribution in [-0.2, 0) is 16.0 Å². The molecule has 20 heavy (non-hydrogen) atoms. The highest BCUT2D eigenvalue weighted by atomic mass is 35.5. The molecule has 1 N–H and O–H groups in total. The van der Waals surface area contributed by atoms with Gasteiger partial charge in [-0.15, -0.1) is 0 Å². The lowest BCUT2D eigenvalue weighted by Gasteiger charge is -2.22. The lowest BCUT2D eigenvalue weighted by molar-refractivity contribution is -0.136. The molecule has 1 heterocycles. The minimum Gasteiger partial charge on any atom is -0.354 e. The zero-order chi connectivity index (χ0) is 14.5. The molecule has 1 aromatic rings. The Balaban J connectivity index is 1.82. The molecule has 1 aromatic carbocycles. The molecule has 108 valence electrons. The number of carbonyl (C=O) groups excluding carboxylic acids is 2. The van der Waals surface area contributed by atoms with Crippen molar-refractivity contribution < 1.29 is 9.59 Å². The normalized spacial score (nSPS) is 18.1. The third-order valence-electron chi connectivity index (χ3n) is 3.56. The van der Waals surface area contributed by atoms with E-state index in [0.29, 0.717) is 18.1 Å². The van der Waals surface area contributed by atoms with Gasteiger partial charge in [-0.1, -0.05) is 23.7 Å². The summed E-state index contributed by atoms with van der Waals surface area (Å²) in [6.07, 6.45) is 2.38. The molecule has 1 fully saturated rings. The summed E-state index contributed by atoms with van der Waals surface area (Å²) in [5, 5.41) is 3.60. The molecule has 0 bridgehead atoms. The quantitative estimate of drug-likeness (QED) is 0.923. The van der Waals surface area contributed by atoms with E-state index >= 15 is 0 Å². The maximum absolute atomic E-state index is 12.1. The summed E-state index contributed by atoms with van der Waals surface area (Å²) in [6.45, 7) is 2.75. The summed E-state index contributed by atoms with van der Waals surface area (Å²) in [5.74, 6) is -0.0859. The first-order valence-electron chi connectivity index (χ1n) is 6.87. The maximum Gasteiger partial charge on any atom is 0.242 e. The average Bonchev–Trinajstić information content (AvgIpc) is 2.88. The number of likely N-dealkylation sites (tertiary alicyclic amines) is 1. The summed E-state index contributed by atoms with van der Waals surface area (Å²) < 4.78 is 0. The Morgan fingerprint density at radius 3 is 2.95 bits per heavy atom. The number of nitrogens with zero attached hydrogens (tertiary/aromatic N) is 1. The van der Waals surface area contributed by atoms with Gasteiger partial charge >= 0.3 is 0 Å². The summed E-state index contributed by atoms with van der Waals surface area (Å²) in [6, 6.07) is 7.30. The first-order valence-corrected chi connectivity index (χ1v) is 7.25. The molecule has 2 amide bonds. The van der Waals surface area contributed by atoms with Crippen LogP contribution in [0.5, 0.6) is 0 Å². The van der Waals surface area contributed by atoms with Crippen LogP contribution < -0.4 is 5.32 Å². The van der Waals surface area contributed by atoms with E-state index in [2.05, 4.69) is 5.32 Å². The summed E-state index contributed by atoms with van der Waals surface area (Å²) in [5.41, 5.74) is 1.09. The van der Waals surface area contributed by atoms with Crippen LogP contribution in [-0.4, -0.2) is 35.8 Å². The Morgan fingerprint density at radius 1 is 1.45 bits per heavy atom. The van der Waals surface area contributed by atoms with Gasteiger partial charge in [0.15, 0.2) is 0 Å². The van der Waals surface area contributed by atoms with E-state index in [-0.39, 0.29) is 17.9 Å². The molecule has 0 spiro atoms. The Bertz CT molecular complexity index is 504. The highest BCUT2D eigenvalue weighted by molar-refractivity contribution is 6.30. The number of amides is 2. The Morgan fingerprint density at radius 2 is 2.25 bits per heavy atom. The molecule has 1 unspecified atom stereocenters. The van der Waals surface area contributed by atoms with Crippen LogP contribution in [0.2, 0.25) is 5.02 Å². The van der Waals surface area contributed by atoms with Gasteiger partial charge in [0.1, 0.15) is 6.04 Å². The molecule has 1 atom stereocenters. The van der Waals surface area contributed by atoms with Crippen LogP contribution in [0, 0.1) is 0 Å². The topological polar surface area (TPSA) is 49.4 Å². The van der Waals surface area contributed by atoms with Crippen LogP contribution in [0.4, 0.5) is 0 Å². The molecular weight excluding hydrogens is 276 g/mol. The fraction of sp³-hybridized carbons (Fsp3) is 0.467. The smallest absolute Gasteiger partial charge is 0.242 e. The Labute approximate surface area is 124 Å². The van der Waals surface area contributed by atoms with E-state index in [1.54, 1.807) is 4.90 Å². The van der Waals surface area contributed by atoms with Crippen molar-refractivity contribution in [3.05, 3.63) is 34.9 Å². The van der Waals surface area contributed by atoms with E-state index in [4.69, 9.17) is 11.6 Å². The molecule has 0 aliphatic carbocycles. The van der Waals surface area contributed by atoms with Crippen LogP contribution in [0.15, 0.2) is 24.3 Å². The molecule has 0 radical (unpaired) electrons. The lowest BCUT2D eigenvalue weighted by atomic mass is 10.1. The second-order valence-electron chi connectivity index (χ2n) is 5.04. The summed E-state index contributed by atoms with van der Waals surface area (Å²) in [4.78, 5) is 25.2. The largest absolute Gasteiger partial charge is 0.354 e.